The lowest BCUT2D eigenvalue weighted by Crippen LogP contribution is -2.46. The van der Waals surface area contributed by atoms with Crippen LogP contribution in [-0.4, -0.2) is 65.8 Å². The molecule has 0 amide bonds. The highest BCUT2D eigenvalue weighted by Crippen LogP contribution is 2.29. The zero-order valence-electron chi connectivity index (χ0n) is 15.5. The maximum Gasteiger partial charge on any atom is 0.293 e. The zero-order valence-corrected chi connectivity index (χ0v) is 15.5. The van der Waals surface area contributed by atoms with Gasteiger partial charge in [0.15, 0.2) is 5.78 Å². The van der Waals surface area contributed by atoms with Crippen LogP contribution in [0.15, 0.2) is 18.2 Å². The molecule has 1 N–H and O–H groups in total. The molecule has 138 valence electrons. The number of piperazine rings is 1. The van der Waals surface area contributed by atoms with Crippen LogP contribution in [0.25, 0.3) is 0 Å². The van der Waals surface area contributed by atoms with Crippen LogP contribution in [0.1, 0.15) is 37.6 Å². The Morgan fingerprint density at radius 3 is 2.48 bits per heavy atom. The van der Waals surface area contributed by atoms with Gasteiger partial charge in [-0.25, -0.2) is 0 Å². The van der Waals surface area contributed by atoms with Crippen molar-refractivity contribution in [3.8, 4) is 0 Å². The highest BCUT2D eigenvalue weighted by molar-refractivity contribution is 5.95. The van der Waals surface area contributed by atoms with Gasteiger partial charge in [-0.1, -0.05) is 0 Å². The summed E-state index contributed by atoms with van der Waals surface area (Å²) in [6, 6.07) is 4.61. The Morgan fingerprint density at radius 2 is 1.92 bits per heavy atom. The molecule has 0 saturated carbocycles. The first kappa shape index (κ1) is 19.3. The zero-order chi connectivity index (χ0) is 18.6. The van der Waals surface area contributed by atoms with E-state index in [9.17, 15) is 14.9 Å². The quantitative estimate of drug-likeness (QED) is 0.464. The van der Waals surface area contributed by atoms with Crippen molar-refractivity contribution in [2.75, 3.05) is 45.1 Å². The number of rotatable bonds is 7. The van der Waals surface area contributed by atoms with Gasteiger partial charge in [0.05, 0.1) is 4.92 Å². The van der Waals surface area contributed by atoms with Crippen molar-refractivity contribution in [1.82, 2.24) is 9.80 Å². The van der Waals surface area contributed by atoms with Gasteiger partial charge in [-0.3, -0.25) is 14.9 Å². The first-order valence-electron chi connectivity index (χ1n) is 8.66. The fourth-order valence-electron chi connectivity index (χ4n) is 2.94. The molecule has 25 heavy (non-hydrogen) atoms. The number of nitro benzene ring substituents is 1. The van der Waals surface area contributed by atoms with Crippen molar-refractivity contribution in [3.63, 3.8) is 0 Å². The number of nitro groups is 1. The molecular weight excluding hydrogens is 320 g/mol. The monoisotopic (exact) mass is 348 g/mol. The van der Waals surface area contributed by atoms with Crippen LogP contribution in [0.5, 0.6) is 0 Å². The van der Waals surface area contributed by atoms with E-state index in [0.29, 0.717) is 11.3 Å². The number of benzene rings is 1. The molecule has 1 heterocycles. The number of hydrogen-bond acceptors (Lipinski definition) is 6. The summed E-state index contributed by atoms with van der Waals surface area (Å²) < 4.78 is 0. The number of hydrogen-bond donors (Lipinski definition) is 1. The molecule has 0 spiro atoms. The minimum absolute atomic E-state index is 0.0552. The molecule has 0 atom stereocenters. The number of nitrogens with zero attached hydrogens (tertiary/aromatic N) is 3. The van der Waals surface area contributed by atoms with Gasteiger partial charge in [0.25, 0.3) is 5.69 Å². The molecule has 1 fully saturated rings. The number of nitrogens with one attached hydrogen (secondary N) is 1. The Kier molecular flexibility index (Phi) is 6.13. The molecule has 0 aliphatic carbocycles. The van der Waals surface area contributed by atoms with Crippen molar-refractivity contribution in [3.05, 3.63) is 33.9 Å². The molecule has 1 aliphatic rings. The summed E-state index contributed by atoms with van der Waals surface area (Å²) in [7, 11) is 2.13. The standard InChI is InChI=1S/C18H28N4O3/c1-14(23)15-5-6-16(17(13-15)22(24)25)19-18(2,3)7-8-21-11-9-20(4)10-12-21/h5-6,13,19H,7-12H2,1-4H3. The van der Waals surface area contributed by atoms with E-state index in [0.717, 1.165) is 39.1 Å². The second-order valence-electron chi connectivity index (χ2n) is 7.45. The molecule has 1 aliphatic heterocycles. The van der Waals surface area contributed by atoms with Crippen LogP contribution >= 0.6 is 0 Å². The fourth-order valence-corrected chi connectivity index (χ4v) is 2.94. The van der Waals surface area contributed by atoms with Gasteiger partial charge in [0.1, 0.15) is 5.69 Å². The summed E-state index contributed by atoms with van der Waals surface area (Å²) in [4.78, 5) is 27.1. The molecule has 1 saturated heterocycles. The molecule has 0 aromatic heterocycles. The smallest absolute Gasteiger partial charge is 0.293 e. The molecule has 7 nitrogen and oxygen atoms in total. The minimum atomic E-state index is -0.439. The molecule has 2 rings (SSSR count). The van der Waals surface area contributed by atoms with Gasteiger partial charge in [0.2, 0.25) is 0 Å². The third-order valence-corrected chi connectivity index (χ3v) is 4.72. The van der Waals surface area contributed by atoms with Crippen LogP contribution in [0.2, 0.25) is 0 Å². The third-order valence-electron chi connectivity index (χ3n) is 4.72. The van der Waals surface area contributed by atoms with Gasteiger partial charge in [0, 0.05) is 49.9 Å². The predicted octanol–water partition coefficient (Wildman–Crippen LogP) is 2.63. The van der Waals surface area contributed by atoms with E-state index in [2.05, 4.69) is 22.2 Å². The van der Waals surface area contributed by atoms with Crippen LogP contribution in [0, 0.1) is 10.1 Å². The highest BCUT2D eigenvalue weighted by Gasteiger charge is 2.25. The molecule has 0 radical (unpaired) electrons. The Morgan fingerprint density at radius 1 is 1.28 bits per heavy atom. The predicted molar refractivity (Wildman–Crippen MR) is 99.4 cm³/mol. The van der Waals surface area contributed by atoms with Gasteiger partial charge >= 0.3 is 0 Å². The third kappa shape index (κ3) is 5.51. The number of carbonyl (C=O) groups is 1. The van der Waals surface area contributed by atoms with Gasteiger partial charge < -0.3 is 15.1 Å². The van der Waals surface area contributed by atoms with Crippen molar-refractivity contribution in [1.29, 1.82) is 0 Å². The molecule has 0 unspecified atom stereocenters. The summed E-state index contributed by atoms with van der Waals surface area (Å²) >= 11 is 0. The average Bonchev–Trinajstić information content (AvgIpc) is 2.54. The second-order valence-corrected chi connectivity index (χ2v) is 7.45. The summed E-state index contributed by atoms with van der Waals surface area (Å²) in [5.74, 6) is -0.177. The lowest BCUT2D eigenvalue weighted by atomic mass is 9.98. The molecule has 1 aromatic rings. The Labute approximate surface area is 149 Å². The lowest BCUT2D eigenvalue weighted by Gasteiger charge is -2.35. The van der Waals surface area contributed by atoms with Crippen LogP contribution in [-0.2, 0) is 0 Å². The van der Waals surface area contributed by atoms with E-state index in [1.54, 1.807) is 12.1 Å². The Hall–Kier alpha value is -1.99. The molecule has 1 aromatic carbocycles. The topological polar surface area (TPSA) is 78.7 Å². The largest absolute Gasteiger partial charge is 0.375 e. The van der Waals surface area contributed by atoms with Crippen LogP contribution in [0.3, 0.4) is 0 Å². The van der Waals surface area contributed by atoms with Crippen LogP contribution < -0.4 is 5.32 Å². The lowest BCUT2D eigenvalue weighted by molar-refractivity contribution is -0.384. The van der Waals surface area contributed by atoms with Gasteiger partial charge in [-0.15, -0.1) is 0 Å². The maximum absolute atomic E-state index is 11.5. The number of likely N-dealkylation sites (N-methyl/N-ethyl adjacent to an activating group) is 1. The normalized spacial score (nSPS) is 16.6. The first-order chi connectivity index (χ1) is 11.7. The van der Waals surface area contributed by atoms with Crippen molar-refractivity contribution in [2.45, 2.75) is 32.7 Å². The summed E-state index contributed by atoms with van der Waals surface area (Å²) in [5.41, 5.74) is 0.470. The Bertz CT molecular complexity index is 637. The van der Waals surface area contributed by atoms with E-state index >= 15 is 0 Å². The maximum atomic E-state index is 11.5. The number of anilines is 1. The van der Waals surface area contributed by atoms with Crippen molar-refractivity contribution in [2.24, 2.45) is 0 Å². The van der Waals surface area contributed by atoms with Crippen molar-refractivity contribution < 1.29 is 9.72 Å². The van der Waals surface area contributed by atoms with Crippen LogP contribution in [0.4, 0.5) is 11.4 Å². The number of ketones is 1. The summed E-state index contributed by atoms with van der Waals surface area (Å²) in [6.07, 6.45) is 0.877. The molecule has 7 heteroatoms. The first-order valence-corrected chi connectivity index (χ1v) is 8.66. The molecular formula is C18H28N4O3. The second kappa shape index (κ2) is 7.93. The molecule has 0 bridgehead atoms. The van der Waals surface area contributed by atoms with Gasteiger partial charge in [-0.05, 0) is 46.4 Å². The number of Topliss-reactive ketones (excluding diaryl/α,β-unsaturated/α-hetero) is 1. The van der Waals surface area contributed by atoms with E-state index in [1.807, 2.05) is 13.8 Å². The summed E-state index contributed by atoms with van der Waals surface area (Å²) in [6.45, 7) is 10.7. The van der Waals surface area contributed by atoms with Crippen molar-refractivity contribution >= 4 is 17.2 Å². The van der Waals surface area contributed by atoms with E-state index in [4.69, 9.17) is 0 Å². The number of carbonyl (C=O) groups excluding carboxylic acids is 1. The Balaban J connectivity index is 2.03. The average molecular weight is 348 g/mol. The van der Waals surface area contributed by atoms with Gasteiger partial charge in [-0.2, -0.15) is 0 Å². The van der Waals surface area contributed by atoms with E-state index in [-0.39, 0.29) is 17.0 Å². The minimum Gasteiger partial charge on any atom is -0.375 e. The van der Waals surface area contributed by atoms with E-state index < -0.39 is 4.92 Å². The fraction of sp³-hybridized carbons (Fsp3) is 0.611. The van der Waals surface area contributed by atoms with E-state index in [1.165, 1.54) is 13.0 Å². The highest BCUT2D eigenvalue weighted by atomic mass is 16.6. The SMILES string of the molecule is CC(=O)c1ccc(NC(C)(C)CCN2CCN(C)CC2)c([N+](=O)[O-])c1. The summed E-state index contributed by atoms with van der Waals surface area (Å²) in [5, 5.41) is 14.7.